The average Bonchev–Trinajstić information content (AvgIpc) is 2.52. The maximum Gasteiger partial charge on any atom is 0.213 e. The van der Waals surface area contributed by atoms with E-state index in [0.717, 1.165) is 23.0 Å². The predicted molar refractivity (Wildman–Crippen MR) is 53.7 cm³/mol. The van der Waals surface area contributed by atoms with Crippen molar-refractivity contribution < 1.29 is 9.84 Å². The first-order chi connectivity index (χ1) is 6.76. The number of aryl methyl sites for hydroxylation is 1. The van der Waals surface area contributed by atoms with Crippen LogP contribution < -0.4 is 4.74 Å². The van der Waals surface area contributed by atoms with Crippen molar-refractivity contribution in [3.8, 4) is 11.8 Å². The molecule has 0 spiro atoms. The Bertz CT molecular complexity index is 462. The summed E-state index contributed by atoms with van der Waals surface area (Å²) in [5.41, 5.74) is 2.45. The fourth-order valence-corrected chi connectivity index (χ4v) is 1.54. The molecular weight excluding hydrogens is 180 g/mol. The van der Waals surface area contributed by atoms with E-state index in [1.165, 1.54) is 0 Å². The number of fused-ring (bicyclic) bond motifs is 1. The van der Waals surface area contributed by atoms with Crippen LogP contribution in [0.1, 0.15) is 12.5 Å². The third kappa shape index (κ3) is 1.19. The summed E-state index contributed by atoms with van der Waals surface area (Å²) in [4.78, 5) is 7.14. The number of rotatable bonds is 2. The van der Waals surface area contributed by atoms with E-state index in [1.807, 2.05) is 13.0 Å². The largest absolute Gasteiger partial charge is 0.494 e. The van der Waals surface area contributed by atoms with Crippen LogP contribution in [0.4, 0.5) is 0 Å². The van der Waals surface area contributed by atoms with Crippen molar-refractivity contribution in [2.45, 2.75) is 13.3 Å². The van der Waals surface area contributed by atoms with Gasteiger partial charge < -0.3 is 14.8 Å². The van der Waals surface area contributed by atoms with Crippen LogP contribution in [0, 0.1) is 0 Å². The summed E-state index contributed by atoms with van der Waals surface area (Å²) in [6.45, 7) is 1.98. The smallest absolute Gasteiger partial charge is 0.213 e. The van der Waals surface area contributed by atoms with Crippen molar-refractivity contribution in [2.24, 2.45) is 0 Å². The first-order valence-corrected chi connectivity index (χ1v) is 4.50. The highest BCUT2D eigenvalue weighted by Gasteiger charge is 2.10. The number of hydrogen-bond donors (Lipinski definition) is 2. The van der Waals surface area contributed by atoms with Crippen molar-refractivity contribution >= 4 is 11.0 Å². The minimum Gasteiger partial charge on any atom is -0.494 e. The van der Waals surface area contributed by atoms with E-state index < -0.39 is 0 Å². The second-order valence-corrected chi connectivity index (χ2v) is 3.06. The Morgan fingerprint density at radius 3 is 2.93 bits per heavy atom. The van der Waals surface area contributed by atoms with Crippen LogP contribution in [0.5, 0.6) is 11.8 Å². The van der Waals surface area contributed by atoms with E-state index in [0.29, 0.717) is 5.88 Å². The summed E-state index contributed by atoms with van der Waals surface area (Å²) in [6, 6.07) is 3.61. The number of aromatic amines is 1. The number of nitrogens with zero attached hydrogens (tertiary/aromatic N) is 1. The minimum atomic E-state index is 0.197. The number of nitrogens with one attached hydrogen (secondary N) is 1. The highest BCUT2D eigenvalue weighted by atomic mass is 16.5. The lowest BCUT2D eigenvalue weighted by Gasteiger charge is -1.98. The molecule has 2 N–H and O–H groups in total. The summed E-state index contributed by atoms with van der Waals surface area (Å²) >= 11 is 0. The first kappa shape index (κ1) is 8.87. The summed E-state index contributed by atoms with van der Waals surface area (Å²) in [6.07, 6.45) is 0.742. The van der Waals surface area contributed by atoms with E-state index in [1.54, 1.807) is 13.2 Å². The molecule has 0 fully saturated rings. The zero-order valence-corrected chi connectivity index (χ0v) is 8.16. The molecule has 0 unspecified atom stereocenters. The molecule has 4 heteroatoms. The van der Waals surface area contributed by atoms with Gasteiger partial charge in [0.2, 0.25) is 5.88 Å². The zero-order chi connectivity index (χ0) is 10.1. The van der Waals surface area contributed by atoms with Gasteiger partial charge >= 0.3 is 0 Å². The molecule has 0 aromatic carbocycles. The molecule has 2 heterocycles. The van der Waals surface area contributed by atoms with E-state index >= 15 is 0 Å². The van der Waals surface area contributed by atoms with Gasteiger partial charge in [-0.15, -0.1) is 0 Å². The highest BCUT2D eigenvalue weighted by molar-refractivity contribution is 5.82. The standard InChI is InChI=1S/C10H12N2O2/c1-3-6-9-7(11-10(6)13)4-5-8(12-9)14-2/h4-5,11,13H,3H2,1-2H3. The van der Waals surface area contributed by atoms with E-state index in [2.05, 4.69) is 9.97 Å². The molecule has 4 nitrogen and oxygen atoms in total. The van der Waals surface area contributed by atoms with Crippen LogP contribution in [0.25, 0.3) is 11.0 Å². The topological polar surface area (TPSA) is 58.1 Å². The quantitative estimate of drug-likeness (QED) is 0.763. The molecular formula is C10H12N2O2. The molecule has 74 valence electrons. The molecule has 2 aromatic heterocycles. The van der Waals surface area contributed by atoms with Crippen molar-refractivity contribution in [2.75, 3.05) is 7.11 Å². The normalized spacial score (nSPS) is 10.7. The van der Waals surface area contributed by atoms with Crippen LogP contribution in [0.3, 0.4) is 0 Å². The minimum absolute atomic E-state index is 0.197. The van der Waals surface area contributed by atoms with Crippen molar-refractivity contribution in [3.05, 3.63) is 17.7 Å². The van der Waals surface area contributed by atoms with Crippen LogP contribution >= 0.6 is 0 Å². The molecule has 2 rings (SSSR count). The molecule has 0 aliphatic carbocycles. The van der Waals surface area contributed by atoms with Gasteiger partial charge in [-0.1, -0.05) is 6.92 Å². The molecule has 0 aliphatic heterocycles. The average molecular weight is 192 g/mol. The number of hydrogen-bond acceptors (Lipinski definition) is 3. The number of ether oxygens (including phenoxy) is 1. The molecule has 2 aromatic rings. The van der Waals surface area contributed by atoms with Crippen LogP contribution in [0.15, 0.2) is 12.1 Å². The van der Waals surface area contributed by atoms with E-state index in [-0.39, 0.29) is 5.88 Å². The molecule has 0 radical (unpaired) electrons. The monoisotopic (exact) mass is 192 g/mol. The second-order valence-electron chi connectivity index (χ2n) is 3.06. The molecule has 14 heavy (non-hydrogen) atoms. The molecule has 0 saturated heterocycles. The number of aromatic hydroxyl groups is 1. The molecule has 0 atom stereocenters. The van der Waals surface area contributed by atoms with Crippen LogP contribution in [0.2, 0.25) is 0 Å². The van der Waals surface area contributed by atoms with Gasteiger partial charge in [-0.05, 0) is 12.5 Å². The third-order valence-corrected chi connectivity index (χ3v) is 2.26. The van der Waals surface area contributed by atoms with Crippen LogP contribution in [-0.4, -0.2) is 22.2 Å². The molecule has 0 amide bonds. The van der Waals surface area contributed by atoms with Gasteiger partial charge in [0.15, 0.2) is 5.88 Å². The fourth-order valence-electron chi connectivity index (χ4n) is 1.54. The Labute approximate surface area is 81.5 Å². The lowest BCUT2D eigenvalue weighted by atomic mass is 10.2. The van der Waals surface area contributed by atoms with Gasteiger partial charge in [0.1, 0.15) is 0 Å². The van der Waals surface area contributed by atoms with Gasteiger partial charge in [-0.3, -0.25) is 0 Å². The maximum absolute atomic E-state index is 9.56. The predicted octanol–water partition coefficient (Wildman–Crippen LogP) is 1.84. The molecule has 0 bridgehead atoms. The lowest BCUT2D eigenvalue weighted by Crippen LogP contribution is -1.88. The Kier molecular flexibility index (Phi) is 2.04. The SMILES string of the molecule is CCc1c(O)[nH]c2ccc(OC)nc12. The Balaban J connectivity index is 2.71. The lowest BCUT2D eigenvalue weighted by molar-refractivity contribution is 0.399. The molecule has 0 saturated carbocycles. The van der Waals surface area contributed by atoms with Crippen molar-refractivity contribution in [1.82, 2.24) is 9.97 Å². The second kappa shape index (κ2) is 3.21. The number of pyridine rings is 1. The van der Waals surface area contributed by atoms with Crippen molar-refractivity contribution in [1.29, 1.82) is 0 Å². The summed E-state index contributed by atoms with van der Waals surface area (Å²) < 4.78 is 5.02. The number of methoxy groups -OCH3 is 1. The van der Waals surface area contributed by atoms with Gasteiger partial charge in [-0.2, -0.15) is 0 Å². The van der Waals surface area contributed by atoms with Gasteiger partial charge in [0, 0.05) is 11.6 Å². The van der Waals surface area contributed by atoms with Crippen molar-refractivity contribution in [3.63, 3.8) is 0 Å². The van der Waals surface area contributed by atoms with E-state index in [9.17, 15) is 5.11 Å². The van der Waals surface area contributed by atoms with Gasteiger partial charge in [0.05, 0.1) is 18.1 Å². The van der Waals surface area contributed by atoms with Gasteiger partial charge in [-0.25, -0.2) is 4.98 Å². The zero-order valence-electron chi connectivity index (χ0n) is 8.16. The third-order valence-electron chi connectivity index (χ3n) is 2.26. The van der Waals surface area contributed by atoms with Crippen LogP contribution in [-0.2, 0) is 6.42 Å². The van der Waals surface area contributed by atoms with E-state index in [4.69, 9.17) is 4.74 Å². The first-order valence-electron chi connectivity index (χ1n) is 4.50. The molecule has 0 aliphatic rings. The fraction of sp³-hybridized carbons (Fsp3) is 0.300. The number of aromatic nitrogens is 2. The highest BCUT2D eigenvalue weighted by Crippen LogP contribution is 2.27. The summed E-state index contributed by atoms with van der Waals surface area (Å²) in [7, 11) is 1.58. The summed E-state index contributed by atoms with van der Waals surface area (Å²) in [5.74, 6) is 0.759. The Morgan fingerprint density at radius 2 is 2.29 bits per heavy atom. The van der Waals surface area contributed by atoms with Gasteiger partial charge in [0.25, 0.3) is 0 Å². The maximum atomic E-state index is 9.56. The summed E-state index contributed by atoms with van der Waals surface area (Å²) in [5, 5.41) is 9.56. The Hall–Kier alpha value is -1.71. The number of H-pyrrole nitrogens is 1. The Morgan fingerprint density at radius 1 is 1.50 bits per heavy atom.